The maximum absolute atomic E-state index is 11.5. The molecule has 0 unspecified atom stereocenters. The molecule has 4 rings (SSSR count). The van der Waals surface area contributed by atoms with Crippen LogP contribution in [0.5, 0.6) is 0 Å². The standard InChI is InChI=1S/C24H40O4/c1-14(7-10-21(27)28)16-8-9-17-22-18(13-20(26)24(16,17)3)23(2)11-5-4-6-15(23)12-19(22)25/h14-20,22,25-26H,4-13H2,1-3H3,(H,27,28)/t14-,15-,16+,17-,18+,19-,20+,22-,23-,24-/m1/s1. The van der Waals surface area contributed by atoms with Gasteiger partial charge in [-0.1, -0.05) is 33.6 Å². The predicted molar refractivity (Wildman–Crippen MR) is 109 cm³/mol. The van der Waals surface area contributed by atoms with E-state index in [-0.39, 0.29) is 29.5 Å². The average molecular weight is 393 g/mol. The molecule has 0 heterocycles. The Hall–Kier alpha value is -0.610. The van der Waals surface area contributed by atoms with E-state index in [0.29, 0.717) is 41.9 Å². The molecule has 3 N–H and O–H groups in total. The fourth-order valence-electron chi connectivity index (χ4n) is 8.74. The first-order valence-electron chi connectivity index (χ1n) is 11.8. The van der Waals surface area contributed by atoms with E-state index in [4.69, 9.17) is 5.11 Å². The summed E-state index contributed by atoms with van der Waals surface area (Å²) < 4.78 is 0. The first kappa shape index (κ1) is 20.7. The van der Waals surface area contributed by atoms with Crippen molar-refractivity contribution in [3.63, 3.8) is 0 Å². The van der Waals surface area contributed by atoms with E-state index in [0.717, 1.165) is 25.7 Å². The third-order valence-corrected chi connectivity index (χ3v) is 10.3. The number of rotatable bonds is 4. The van der Waals surface area contributed by atoms with E-state index in [9.17, 15) is 15.0 Å². The predicted octanol–water partition coefficient (Wildman–Crippen LogP) is 4.48. The third-order valence-electron chi connectivity index (χ3n) is 10.3. The summed E-state index contributed by atoms with van der Waals surface area (Å²) in [5.74, 6) is 1.66. The number of hydrogen-bond donors (Lipinski definition) is 3. The van der Waals surface area contributed by atoms with Crippen LogP contribution in [0.15, 0.2) is 0 Å². The summed E-state index contributed by atoms with van der Waals surface area (Å²) in [6, 6.07) is 0. The van der Waals surface area contributed by atoms with Crippen molar-refractivity contribution in [2.45, 2.75) is 97.2 Å². The smallest absolute Gasteiger partial charge is 0.303 e. The second-order valence-electron chi connectivity index (χ2n) is 11.3. The molecule has 0 saturated heterocycles. The lowest BCUT2D eigenvalue weighted by Gasteiger charge is -2.63. The lowest BCUT2D eigenvalue weighted by atomic mass is 9.43. The van der Waals surface area contributed by atoms with Gasteiger partial charge in [0.2, 0.25) is 0 Å². The number of aliphatic hydroxyl groups excluding tert-OH is 2. The Morgan fingerprint density at radius 2 is 1.82 bits per heavy atom. The molecule has 4 aliphatic rings. The maximum atomic E-state index is 11.5. The minimum absolute atomic E-state index is 0.183. The van der Waals surface area contributed by atoms with Crippen LogP contribution in [-0.4, -0.2) is 33.5 Å². The van der Waals surface area contributed by atoms with Crippen molar-refractivity contribution in [3.05, 3.63) is 0 Å². The lowest BCUT2D eigenvalue weighted by Crippen LogP contribution is -2.61. The quantitative estimate of drug-likeness (QED) is 0.659. The second-order valence-corrected chi connectivity index (χ2v) is 11.3. The molecule has 28 heavy (non-hydrogen) atoms. The number of carboxylic acids is 1. The van der Waals surface area contributed by atoms with Gasteiger partial charge in [0.15, 0.2) is 0 Å². The van der Waals surface area contributed by atoms with Gasteiger partial charge in [0.1, 0.15) is 0 Å². The molecule has 10 atom stereocenters. The van der Waals surface area contributed by atoms with Crippen LogP contribution in [0.2, 0.25) is 0 Å². The van der Waals surface area contributed by atoms with Gasteiger partial charge in [-0.25, -0.2) is 0 Å². The van der Waals surface area contributed by atoms with Crippen LogP contribution < -0.4 is 0 Å². The van der Waals surface area contributed by atoms with Crippen molar-refractivity contribution in [3.8, 4) is 0 Å². The van der Waals surface area contributed by atoms with E-state index in [1.54, 1.807) is 0 Å². The van der Waals surface area contributed by atoms with Gasteiger partial charge in [-0.15, -0.1) is 0 Å². The van der Waals surface area contributed by atoms with Crippen molar-refractivity contribution in [1.29, 1.82) is 0 Å². The van der Waals surface area contributed by atoms with Gasteiger partial charge >= 0.3 is 5.97 Å². The number of aliphatic carboxylic acids is 1. The molecule has 4 aliphatic carbocycles. The normalized spacial score (nSPS) is 51.7. The minimum Gasteiger partial charge on any atom is -0.481 e. The van der Waals surface area contributed by atoms with Crippen LogP contribution in [0.3, 0.4) is 0 Å². The molecule has 4 fully saturated rings. The van der Waals surface area contributed by atoms with Gasteiger partial charge in [0.25, 0.3) is 0 Å². The number of hydrogen-bond acceptors (Lipinski definition) is 3. The zero-order valence-electron chi connectivity index (χ0n) is 17.9. The Bertz CT molecular complexity index is 605. The Morgan fingerprint density at radius 1 is 1.07 bits per heavy atom. The number of aliphatic hydroxyl groups is 2. The van der Waals surface area contributed by atoms with Crippen molar-refractivity contribution in [2.75, 3.05) is 0 Å². The van der Waals surface area contributed by atoms with Gasteiger partial charge < -0.3 is 15.3 Å². The largest absolute Gasteiger partial charge is 0.481 e. The van der Waals surface area contributed by atoms with Crippen LogP contribution in [0.1, 0.15) is 85.0 Å². The third kappa shape index (κ3) is 2.96. The fourth-order valence-corrected chi connectivity index (χ4v) is 8.74. The van der Waals surface area contributed by atoms with Gasteiger partial charge in [-0.05, 0) is 91.3 Å². The summed E-state index contributed by atoms with van der Waals surface area (Å²) in [4.78, 5) is 11.1. The zero-order valence-corrected chi connectivity index (χ0v) is 17.9. The molecule has 0 amide bonds. The van der Waals surface area contributed by atoms with Crippen molar-refractivity contribution < 1.29 is 20.1 Å². The fraction of sp³-hybridized carbons (Fsp3) is 0.958. The van der Waals surface area contributed by atoms with Crippen LogP contribution >= 0.6 is 0 Å². The summed E-state index contributed by atoms with van der Waals surface area (Å²) >= 11 is 0. The molecule has 4 nitrogen and oxygen atoms in total. The molecule has 0 aromatic rings. The van der Waals surface area contributed by atoms with Crippen molar-refractivity contribution in [1.82, 2.24) is 0 Å². The molecule has 0 radical (unpaired) electrons. The highest BCUT2D eigenvalue weighted by atomic mass is 16.4. The monoisotopic (exact) mass is 392 g/mol. The first-order chi connectivity index (χ1) is 13.2. The number of fused-ring (bicyclic) bond motifs is 5. The van der Waals surface area contributed by atoms with Gasteiger partial charge in [-0.2, -0.15) is 0 Å². The minimum atomic E-state index is -0.727. The Kier molecular flexibility index (Phi) is 5.36. The van der Waals surface area contributed by atoms with Crippen molar-refractivity contribution in [2.24, 2.45) is 46.3 Å². The Balaban J connectivity index is 1.61. The highest BCUT2D eigenvalue weighted by molar-refractivity contribution is 5.66. The zero-order chi connectivity index (χ0) is 20.3. The number of carbonyl (C=O) groups is 1. The van der Waals surface area contributed by atoms with E-state index in [2.05, 4.69) is 20.8 Å². The van der Waals surface area contributed by atoms with E-state index < -0.39 is 5.97 Å². The van der Waals surface area contributed by atoms with Gasteiger partial charge in [0, 0.05) is 6.42 Å². The van der Waals surface area contributed by atoms with Gasteiger partial charge in [0.05, 0.1) is 12.2 Å². The molecule has 4 heteroatoms. The summed E-state index contributed by atoms with van der Waals surface area (Å²) in [5, 5.41) is 31.8. The highest BCUT2D eigenvalue weighted by Gasteiger charge is 2.65. The summed E-state index contributed by atoms with van der Waals surface area (Å²) in [7, 11) is 0. The van der Waals surface area contributed by atoms with Crippen LogP contribution in [0.4, 0.5) is 0 Å². The Morgan fingerprint density at radius 3 is 2.54 bits per heavy atom. The lowest BCUT2D eigenvalue weighted by molar-refractivity contribution is -0.201. The summed E-state index contributed by atoms with van der Waals surface area (Å²) in [5.41, 5.74) is 0.0927. The first-order valence-corrected chi connectivity index (χ1v) is 11.8. The SMILES string of the molecule is C[C@H](CCC(=O)O)[C@@H]1CC[C@@H]2[C@H]3[C@H](O)C[C@H]4CCCC[C@@]4(C)[C@H]3C[C@H](O)[C@@]21C. The van der Waals surface area contributed by atoms with E-state index >= 15 is 0 Å². The molecule has 4 saturated carbocycles. The molecule has 160 valence electrons. The molecular formula is C24H40O4. The summed E-state index contributed by atoms with van der Waals surface area (Å²) in [6.45, 7) is 6.89. The van der Waals surface area contributed by atoms with E-state index in [1.165, 1.54) is 25.7 Å². The topological polar surface area (TPSA) is 77.8 Å². The molecular weight excluding hydrogens is 352 g/mol. The molecule has 0 aromatic carbocycles. The van der Waals surface area contributed by atoms with Crippen LogP contribution in [0.25, 0.3) is 0 Å². The Labute approximate surface area is 170 Å². The van der Waals surface area contributed by atoms with Crippen molar-refractivity contribution >= 4 is 5.97 Å². The molecule has 0 aromatic heterocycles. The maximum Gasteiger partial charge on any atom is 0.303 e. The average Bonchev–Trinajstić information content (AvgIpc) is 3.00. The second kappa shape index (κ2) is 7.27. The van der Waals surface area contributed by atoms with Gasteiger partial charge in [-0.3, -0.25) is 4.79 Å². The summed E-state index contributed by atoms with van der Waals surface area (Å²) in [6.07, 6.45) is 9.32. The van der Waals surface area contributed by atoms with Crippen LogP contribution in [0, 0.1) is 46.3 Å². The molecule has 0 bridgehead atoms. The highest BCUT2D eigenvalue weighted by Crippen LogP contribution is 2.68. The molecule has 0 spiro atoms. The number of carboxylic acid groups (broad SMARTS) is 1. The molecule has 0 aliphatic heterocycles. The van der Waals surface area contributed by atoms with E-state index in [1.807, 2.05) is 0 Å². The van der Waals surface area contributed by atoms with Crippen LogP contribution in [-0.2, 0) is 4.79 Å².